The molecule has 2 aromatic carbocycles. The fraction of sp³-hybridized carbons (Fsp3) is 0.292. The molecule has 1 heterocycles. The average molecular weight is 422 g/mol. The van der Waals surface area contributed by atoms with Gasteiger partial charge in [0.2, 0.25) is 0 Å². The fourth-order valence-electron chi connectivity index (χ4n) is 3.31. The van der Waals surface area contributed by atoms with Gasteiger partial charge in [-0.05, 0) is 42.5 Å². The molecule has 0 spiro atoms. The summed E-state index contributed by atoms with van der Waals surface area (Å²) in [5, 5.41) is 14.4. The molecule has 3 aromatic rings. The van der Waals surface area contributed by atoms with Crippen LogP contribution in [0.3, 0.4) is 0 Å². The van der Waals surface area contributed by atoms with Crippen LogP contribution in [0.15, 0.2) is 63.8 Å². The fourth-order valence-corrected chi connectivity index (χ4v) is 3.31. The minimum absolute atomic E-state index is 0.0709. The summed E-state index contributed by atoms with van der Waals surface area (Å²) in [5.41, 5.74) is 1.43. The third kappa shape index (κ3) is 5.51. The number of rotatable bonds is 8. The zero-order valence-electron chi connectivity index (χ0n) is 17.6. The van der Waals surface area contributed by atoms with Crippen molar-refractivity contribution in [2.75, 3.05) is 0 Å². The lowest BCUT2D eigenvalue weighted by Gasteiger charge is -2.23. The normalized spacial score (nSPS) is 13.0. The quantitative estimate of drug-likeness (QED) is 0.559. The molecule has 2 atom stereocenters. The summed E-state index contributed by atoms with van der Waals surface area (Å²) < 4.78 is 11.0. The van der Waals surface area contributed by atoms with Gasteiger partial charge in [0.15, 0.2) is 6.10 Å². The van der Waals surface area contributed by atoms with Gasteiger partial charge in [-0.15, -0.1) is 0 Å². The van der Waals surface area contributed by atoms with Crippen molar-refractivity contribution in [3.8, 4) is 16.9 Å². The van der Waals surface area contributed by atoms with E-state index in [-0.39, 0.29) is 12.3 Å². The molecule has 162 valence electrons. The van der Waals surface area contributed by atoms with E-state index in [1.165, 1.54) is 19.1 Å². The Hall–Kier alpha value is -3.61. The predicted octanol–water partition coefficient (Wildman–Crippen LogP) is 2.51. The van der Waals surface area contributed by atoms with Crippen LogP contribution < -0.4 is 20.8 Å². The maximum absolute atomic E-state index is 12.4. The van der Waals surface area contributed by atoms with Crippen molar-refractivity contribution in [3.05, 3.63) is 65.0 Å². The van der Waals surface area contributed by atoms with Crippen LogP contribution in [0.1, 0.15) is 27.2 Å². The second kappa shape index (κ2) is 9.47. The molecule has 1 aromatic heterocycles. The Balaban J connectivity index is 1.81. The second-order valence-electron chi connectivity index (χ2n) is 7.77. The van der Waals surface area contributed by atoms with Crippen LogP contribution in [0.25, 0.3) is 22.1 Å². The van der Waals surface area contributed by atoms with Crippen LogP contribution in [0, 0.1) is 5.92 Å². The van der Waals surface area contributed by atoms with Gasteiger partial charge in [-0.1, -0.05) is 44.2 Å². The first-order valence-corrected chi connectivity index (χ1v) is 10.1. The number of fused-ring (bicyclic) bond motifs is 1. The van der Waals surface area contributed by atoms with Gasteiger partial charge in [0.25, 0.3) is 5.91 Å². The maximum atomic E-state index is 12.4. The maximum Gasteiger partial charge on any atom is 0.336 e. The molecule has 1 amide bonds. The summed E-state index contributed by atoms with van der Waals surface area (Å²) in [6.45, 7) is 5.22. The first kappa shape index (κ1) is 22.1. The molecular weight excluding hydrogens is 398 g/mol. The molecule has 0 saturated heterocycles. The highest BCUT2D eigenvalue weighted by Crippen LogP contribution is 2.29. The van der Waals surface area contributed by atoms with Crippen molar-refractivity contribution in [2.24, 2.45) is 5.92 Å². The highest BCUT2D eigenvalue weighted by atomic mass is 16.5. The van der Waals surface area contributed by atoms with Gasteiger partial charge in [-0.3, -0.25) is 4.79 Å². The minimum Gasteiger partial charge on any atom is -0.548 e. The topological polar surface area (TPSA) is 109 Å². The van der Waals surface area contributed by atoms with Crippen molar-refractivity contribution in [1.29, 1.82) is 0 Å². The Morgan fingerprint density at radius 1 is 1.06 bits per heavy atom. The predicted molar refractivity (Wildman–Crippen MR) is 114 cm³/mol. The zero-order valence-corrected chi connectivity index (χ0v) is 17.6. The van der Waals surface area contributed by atoms with Crippen molar-refractivity contribution in [1.82, 2.24) is 5.32 Å². The molecule has 0 aliphatic rings. The second-order valence-corrected chi connectivity index (χ2v) is 7.77. The van der Waals surface area contributed by atoms with Gasteiger partial charge in [-0.2, -0.15) is 0 Å². The van der Waals surface area contributed by atoms with E-state index in [1.54, 1.807) is 12.1 Å². The standard InChI is InChI=1S/C24H25NO6/c1-14(2)11-20(24(28)29)25-23(27)15(3)30-17-9-10-18-19(16-7-5-4-6-8-16)13-22(26)31-21(18)12-17/h4-10,12-15,20H,11H2,1-3H3,(H,25,27)(H,28,29)/p-1/t15-,20+/m0/s1. The van der Waals surface area contributed by atoms with E-state index in [0.717, 1.165) is 16.5 Å². The van der Waals surface area contributed by atoms with Crippen molar-refractivity contribution < 1.29 is 23.8 Å². The SMILES string of the molecule is CC(C)C[C@@H](NC(=O)[C@H](C)Oc1ccc2c(-c3ccccc3)cc(=O)oc2c1)C(=O)[O-]. The smallest absolute Gasteiger partial charge is 0.336 e. The zero-order chi connectivity index (χ0) is 22.5. The molecule has 3 rings (SSSR count). The number of aliphatic carboxylic acids is 1. The number of hydrogen-bond acceptors (Lipinski definition) is 6. The lowest BCUT2D eigenvalue weighted by atomic mass is 10.0. The monoisotopic (exact) mass is 422 g/mol. The lowest BCUT2D eigenvalue weighted by molar-refractivity contribution is -0.308. The van der Waals surface area contributed by atoms with Crippen molar-refractivity contribution in [3.63, 3.8) is 0 Å². The lowest BCUT2D eigenvalue weighted by Crippen LogP contribution is -2.51. The molecule has 7 nitrogen and oxygen atoms in total. The van der Waals surface area contributed by atoms with Crippen molar-refractivity contribution in [2.45, 2.75) is 39.3 Å². The third-order valence-electron chi connectivity index (χ3n) is 4.79. The number of amides is 1. The number of hydrogen-bond donors (Lipinski definition) is 1. The highest BCUT2D eigenvalue weighted by Gasteiger charge is 2.21. The number of carboxylic acids is 1. The van der Waals surface area contributed by atoms with E-state index < -0.39 is 29.6 Å². The summed E-state index contributed by atoms with van der Waals surface area (Å²) in [6.07, 6.45) is -0.708. The van der Waals surface area contributed by atoms with Crippen LogP contribution in [-0.4, -0.2) is 24.0 Å². The van der Waals surface area contributed by atoms with Gasteiger partial charge in [0.1, 0.15) is 11.3 Å². The number of carbonyl (C=O) groups is 2. The van der Waals surface area contributed by atoms with E-state index in [4.69, 9.17) is 9.15 Å². The van der Waals surface area contributed by atoms with E-state index in [0.29, 0.717) is 11.3 Å². The first-order valence-electron chi connectivity index (χ1n) is 10.1. The number of nitrogens with one attached hydrogen (secondary N) is 1. The van der Waals surface area contributed by atoms with Crippen LogP contribution >= 0.6 is 0 Å². The van der Waals surface area contributed by atoms with Gasteiger partial charge in [0.05, 0.1) is 12.0 Å². The van der Waals surface area contributed by atoms with Crippen LogP contribution in [0.4, 0.5) is 0 Å². The molecule has 31 heavy (non-hydrogen) atoms. The average Bonchev–Trinajstić information content (AvgIpc) is 2.72. The van der Waals surface area contributed by atoms with Gasteiger partial charge in [0, 0.05) is 17.5 Å². The molecule has 1 N–H and O–H groups in total. The largest absolute Gasteiger partial charge is 0.548 e. The Morgan fingerprint density at radius 2 is 1.77 bits per heavy atom. The Kier molecular flexibility index (Phi) is 6.74. The van der Waals surface area contributed by atoms with E-state index in [2.05, 4.69) is 5.32 Å². The minimum atomic E-state index is -1.34. The van der Waals surface area contributed by atoms with E-state index >= 15 is 0 Å². The molecule has 0 aliphatic carbocycles. The molecule has 0 unspecified atom stereocenters. The summed E-state index contributed by atoms with van der Waals surface area (Å²) in [5.74, 6) is -1.52. The third-order valence-corrected chi connectivity index (χ3v) is 4.79. The summed E-state index contributed by atoms with van der Waals surface area (Å²) in [4.78, 5) is 35.7. The summed E-state index contributed by atoms with van der Waals surface area (Å²) in [7, 11) is 0. The number of benzene rings is 2. The summed E-state index contributed by atoms with van der Waals surface area (Å²) in [6, 6.07) is 14.8. The van der Waals surface area contributed by atoms with Crippen LogP contribution in [0.2, 0.25) is 0 Å². The first-order chi connectivity index (χ1) is 14.7. The Labute approximate surface area is 179 Å². The summed E-state index contributed by atoms with van der Waals surface area (Å²) >= 11 is 0. The Morgan fingerprint density at radius 3 is 2.42 bits per heavy atom. The van der Waals surface area contributed by atoms with Crippen LogP contribution in [0.5, 0.6) is 5.75 Å². The molecule has 0 radical (unpaired) electrons. The highest BCUT2D eigenvalue weighted by molar-refractivity contribution is 5.93. The van der Waals surface area contributed by atoms with Gasteiger partial charge in [-0.25, -0.2) is 4.79 Å². The molecule has 0 aliphatic heterocycles. The molecule has 7 heteroatoms. The number of carboxylic acid groups (broad SMARTS) is 1. The number of carbonyl (C=O) groups excluding carboxylic acids is 2. The number of ether oxygens (including phenoxy) is 1. The molecule has 0 saturated carbocycles. The Bertz CT molecular complexity index is 1140. The van der Waals surface area contributed by atoms with E-state index in [1.807, 2.05) is 44.2 Å². The van der Waals surface area contributed by atoms with Gasteiger partial charge < -0.3 is 24.4 Å². The molecule has 0 fully saturated rings. The molecular formula is C24H24NO6-. The van der Waals surface area contributed by atoms with Crippen LogP contribution in [-0.2, 0) is 9.59 Å². The van der Waals surface area contributed by atoms with Gasteiger partial charge >= 0.3 is 5.63 Å². The molecule has 0 bridgehead atoms. The van der Waals surface area contributed by atoms with E-state index in [9.17, 15) is 19.5 Å². The van der Waals surface area contributed by atoms with Crippen molar-refractivity contribution >= 4 is 22.8 Å².